The molecule has 112 valence electrons. The second-order valence-corrected chi connectivity index (χ2v) is 5.40. The first kappa shape index (κ1) is 15.2. The van der Waals surface area contributed by atoms with Crippen LogP contribution in [0.15, 0.2) is 34.7 Å². The van der Waals surface area contributed by atoms with Crippen molar-refractivity contribution in [1.82, 2.24) is 5.32 Å². The van der Waals surface area contributed by atoms with E-state index in [1.54, 1.807) is 12.1 Å². The van der Waals surface area contributed by atoms with Crippen molar-refractivity contribution in [2.24, 2.45) is 0 Å². The lowest BCUT2D eigenvalue weighted by molar-refractivity contribution is 0.0911. The van der Waals surface area contributed by atoms with E-state index in [1.807, 2.05) is 45.9 Å². The zero-order chi connectivity index (χ0) is 15.4. The van der Waals surface area contributed by atoms with Crippen LogP contribution in [-0.4, -0.2) is 11.9 Å². The van der Waals surface area contributed by atoms with Crippen LogP contribution >= 0.6 is 0 Å². The Morgan fingerprint density at radius 3 is 2.48 bits per heavy atom. The Labute approximate surface area is 125 Å². The van der Waals surface area contributed by atoms with Crippen LogP contribution < -0.4 is 10.1 Å². The zero-order valence-corrected chi connectivity index (χ0v) is 12.9. The van der Waals surface area contributed by atoms with Gasteiger partial charge in [0.05, 0.1) is 0 Å². The van der Waals surface area contributed by atoms with E-state index in [1.165, 1.54) is 0 Å². The Morgan fingerprint density at radius 1 is 1.19 bits per heavy atom. The van der Waals surface area contributed by atoms with E-state index in [4.69, 9.17) is 9.15 Å². The van der Waals surface area contributed by atoms with Gasteiger partial charge >= 0.3 is 0 Å². The van der Waals surface area contributed by atoms with Crippen molar-refractivity contribution in [3.8, 4) is 5.75 Å². The summed E-state index contributed by atoms with van der Waals surface area (Å²) >= 11 is 0. The van der Waals surface area contributed by atoms with Crippen LogP contribution in [0.5, 0.6) is 5.75 Å². The number of aryl methyl sites for hydroxylation is 2. The molecule has 0 aliphatic rings. The topological polar surface area (TPSA) is 51.5 Å². The summed E-state index contributed by atoms with van der Waals surface area (Å²) in [4.78, 5) is 11.8. The monoisotopic (exact) mass is 287 g/mol. The number of hydrogen-bond donors (Lipinski definition) is 1. The van der Waals surface area contributed by atoms with Crippen LogP contribution in [0.2, 0.25) is 0 Å². The first-order chi connectivity index (χ1) is 9.97. The minimum absolute atomic E-state index is 0.0805. The Hall–Kier alpha value is -2.23. The Bertz CT molecular complexity index is 608. The molecule has 2 aromatic rings. The van der Waals surface area contributed by atoms with E-state index < -0.39 is 0 Å². The molecule has 0 atom stereocenters. The molecule has 0 bridgehead atoms. The van der Waals surface area contributed by atoms with Crippen molar-refractivity contribution in [1.29, 1.82) is 0 Å². The van der Waals surface area contributed by atoms with Crippen molar-refractivity contribution < 1.29 is 13.9 Å². The van der Waals surface area contributed by atoms with Gasteiger partial charge in [-0.05, 0) is 51.0 Å². The van der Waals surface area contributed by atoms with Gasteiger partial charge in [0.1, 0.15) is 18.1 Å². The third-order valence-electron chi connectivity index (χ3n) is 3.07. The van der Waals surface area contributed by atoms with E-state index in [0.717, 1.165) is 16.9 Å². The van der Waals surface area contributed by atoms with E-state index in [2.05, 4.69) is 5.32 Å². The van der Waals surface area contributed by atoms with Crippen LogP contribution in [0.25, 0.3) is 0 Å². The summed E-state index contributed by atoms with van der Waals surface area (Å²) in [6.07, 6.45) is 0. The first-order valence-corrected chi connectivity index (χ1v) is 7.06. The van der Waals surface area contributed by atoms with Crippen molar-refractivity contribution in [3.05, 3.63) is 53.0 Å². The minimum Gasteiger partial charge on any atom is -0.485 e. The van der Waals surface area contributed by atoms with Gasteiger partial charge in [0.2, 0.25) is 0 Å². The predicted molar refractivity (Wildman–Crippen MR) is 81.6 cm³/mol. The molecular formula is C17H21NO3. The predicted octanol–water partition coefficient (Wildman–Crippen LogP) is 3.61. The summed E-state index contributed by atoms with van der Waals surface area (Å²) in [6, 6.07) is 9.53. The second-order valence-electron chi connectivity index (χ2n) is 5.40. The lowest BCUT2D eigenvalue weighted by Gasteiger charge is -2.10. The maximum atomic E-state index is 11.8. The average Bonchev–Trinajstić information content (AvgIpc) is 2.86. The number of carbonyl (C=O) groups is 1. The molecule has 1 aromatic heterocycles. The standard InChI is InChI=1S/C17H21NO3/c1-11(2)18-17(19)15-9-8-14(21-15)10-20-16-12(3)6-5-7-13(16)4/h5-9,11H,10H2,1-4H3,(H,18,19). The van der Waals surface area contributed by atoms with E-state index >= 15 is 0 Å². The molecule has 1 heterocycles. The number of rotatable bonds is 5. The molecule has 0 unspecified atom stereocenters. The third kappa shape index (κ3) is 3.88. The molecule has 0 spiro atoms. The van der Waals surface area contributed by atoms with Gasteiger partial charge in [-0.1, -0.05) is 18.2 Å². The summed E-state index contributed by atoms with van der Waals surface area (Å²) in [5.41, 5.74) is 2.17. The molecule has 0 saturated heterocycles. The smallest absolute Gasteiger partial charge is 0.287 e. The van der Waals surface area contributed by atoms with Gasteiger partial charge in [-0.25, -0.2) is 0 Å². The molecule has 0 aliphatic carbocycles. The van der Waals surface area contributed by atoms with Gasteiger partial charge in [-0.3, -0.25) is 4.79 Å². The highest BCUT2D eigenvalue weighted by atomic mass is 16.5. The molecule has 21 heavy (non-hydrogen) atoms. The number of ether oxygens (including phenoxy) is 1. The van der Waals surface area contributed by atoms with Crippen molar-refractivity contribution in [2.75, 3.05) is 0 Å². The van der Waals surface area contributed by atoms with E-state index in [9.17, 15) is 4.79 Å². The van der Waals surface area contributed by atoms with Gasteiger partial charge in [0.25, 0.3) is 5.91 Å². The molecule has 4 heteroatoms. The van der Waals surface area contributed by atoms with Gasteiger partial charge in [0.15, 0.2) is 5.76 Å². The van der Waals surface area contributed by atoms with Crippen molar-refractivity contribution >= 4 is 5.91 Å². The quantitative estimate of drug-likeness (QED) is 0.914. The van der Waals surface area contributed by atoms with Crippen LogP contribution in [0.1, 0.15) is 41.3 Å². The highest BCUT2D eigenvalue weighted by molar-refractivity contribution is 5.91. The molecule has 0 fully saturated rings. The fraction of sp³-hybridized carbons (Fsp3) is 0.353. The van der Waals surface area contributed by atoms with E-state index in [-0.39, 0.29) is 11.9 Å². The number of carbonyl (C=O) groups excluding carboxylic acids is 1. The highest BCUT2D eigenvalue weighted by Crippen LogP contribution is 2.23. The van der Waals surface area contributed by atoms with Crippen molar-refractivity contribution in [3.63, 3.8) is 0 Å². The molecule has 0 radical (unpaired) electrons. The molecule has 2 rings (SSSR count). The number of para-hydroxylation sites is 1. The first-order valence-electron chi connectivity index (χ1n) is 7.06. The number of benzene rings is 1. The normalized spacial score (nSPS) is 10.7. The summed E-state index contributed by atoms with van der Waals surface area (Å²) in [5.74, 6) is 1.60. The molecule has 1 aromatic carbocycles. The van der Waals surface area contributed by atoms with Gasteiger partial charge in [0, 0.05) is 6.04 Å². The molecule has 4 nitrogen and oxygen atoms in total. The molecule has 1 N–H and O–H groups in total. The lowest BCUT2D eigenvalue weighted by atomic mass is 10.1. The van der Waals surface area contributed by atoms with E-state index in [0.29, 0.717) is 18.1 Å². The van der Waals surface area contributed by atoms with Crippen LogP contribution in [0.4, 0.5) is 0 Å². The molecule has 0 aliphatic heterocycles. The van der Waals surface area contributed by atoms with Gasteiger partial charge < -0.3 is 14.5 Å². The molecule has 0 saturated carbocycles. The number of amides is 1. The largest absolute Gasteiger partial charge is 0.485 e. The van der Waals surface area contributed by atoms with Crippen molar-refractivity contribution in [2.45, 2.75) is 40.3 Å². The summed E-state index contributed by atoms with van der Waals surface area (Å²) in [6.45, 7) is 8.14. The van der Waals surface area contributed by atoms with Crippen LogP contribution in [-0.2, 0) is 6.61 Å². The Kier molecular flexibility index (Phi) is 4.68. The fourth-order valence-electron chi connectivity index (χ4n) is 2.08. The lowest BCUT2D eigenvalue weighted by Crippen LogP contribution is -2.29. The zero-order valence-electron chi connectivity index (χ0n) is 12.9. The Balaban J connectivity index is 2.02. The maximum absolute atomic E-state index is 11.8. The average molecular weight is 287 g/mol. The summed E-state index contributed by atoms with van der Waals surface area (Å²) in [7, 11) is 0. The highest BCUT2D eigenvalue weighted by Gasteiger charge is 2.12. The SMILES string of the molecule is Cc1cccc(C)c1OCc1ccc(C(=O)NC(C)C)o1. The molecule has 1 amide bonds. The van der Waals surface area contributed by atoms with Gasteiger partial charge in [-0.15, -0.1) is 0 Å². The number of nitrogens with one attached hydrogen (secondary N) is 1. The van der Waals surface area contributed by atoms with Gasteiger partial charge in [-0.2, -0.15) is 0 Å². The van der Waals surface area contributed by atoms with Crippen LogP contribution in [0.3, 0.4) is 0 Å². The summed E-state index contributed by atoms with van der Waals surface area (Å²) < 4.78 is 11.3. The minimum atomic E-state index is -0.205. The fourth-order valence-corrected chi connectivity index (χ4v) is 2.08. The maximum Gasteiger partial charge on any atom is 0.287 e. The third-order valence-corrected chi connectivity index (χ3v) is 3.07. The Morgan fingerprint density at radius 2 is 1.86 bits per heavy atom. The second kappa shape index (κ2) is 6.48. The summed E-state index contributed by atoms with van der Waals surface area (Å²) in [5, 5.41) is 2.79. The number of hydrogen-bond acceptors (Lipinski definition) is 3. The molecular weight excluding hydrogens is 266 g/mol. The number of furan rings is 1. The van der Waals surface area contributed by atoms with Crippen LogP contribution in [0, 0.1) is 13.8 Å².